The van der Waals surface area contributed by atoms with E-state index in [0.29, 0.717) is 35.3 Å². The van der Waals surface area contributed by atoms with Gasteiger partial charge in [0.2, 0.25) is 0 Å². The SMILES string of the molecule is CCCCCCCCNC(=O)/C(=C/c1ccc(/C=C(\NC(=O)c2ccccc2)C(=O)NCCCCCCCC)cc1)NC(=O)c1ccccc1. The highest BCUT2D eigenvalue weighted by Crippen LogP contribution is 2.14. The van der Waals surface area contributed by atoms with E-state index in [0.717, 1.165) is 38.5 Å². The molecule has 0 aliphatic rings. The smallest absolute Gasteiger partial charge is 0.267 e. The fourth-order valence-corrected chi connectivity index (χ4v) is 5.31. The Morgan fingerprint density at radius 3 is 1.16 bits per heavy atom. The molecule has 0 aliphatic carbocycles. The van der Waals surface area contributed by atoms with Crippen LogP contribution in [0.15, 0.2) is 96.3 Å². The summed E-state index contributed by atoms with van der Waals surface area (Å²) in [4.78, 5) is 52.5. The van der Waals surface area contributed by atoms with E-state index in [9.17, 15) is 19.2 Å². The number of nitrogens with one attached hydrogen (secondary N) is 4. The molecule has 0 fully saturated rings. The Kier molecular flexibility index (Phi) is 18.5. The van der Waals surface area contributed by atoms with Crippen LogP contribution in [-0.4, -0.2) is 36.7 Å². The molecule has 50 heavy (non-hydrogen) atoms. The van der Waals surface area contributed by atoms with Gasteiger partial charge in [0.05, 0.1) is 0 Å². The van der Waals surface area contributed by atoms with Crippen LogP contribution in [0.5, 0.6) is 0 Å². The number of carbonyl (C=O) groups is 4. The third-order valence-corrected chi connectivity index (χ3v) is 8.25. The molecule has 0 atom stereocenters. The highest BCUT2D eigenvalue weighted by atomic mass is 16.2. The molecular weight excluding hydrogens is 624 g/mol. The first-order chi connectivity index (χ1) is 24.4. The molecular formula is C42H54N4O4. The van der Waals surface area contributed by atoms with E-state index >= 15 is 0 Å². The minimum atomic E-state index is -0.378. The van der Waals surface area contributed by atoms with Gasteiger partial charge >= 0.3 is 0 Å². The molecule has 0 heterocycles. The van der Waals surface area contributed by atoms with Gasteiger partial charge < -0.3 is 21.3 Å². The second-order valence-corrected chi connectivity index (χ2v) is 12.5. The second-order valence-electron chi connectivity index (χ2n) is 12.5. The lowest BCUT2D eigenvalue weighted by Gasteiger charge is -2.12. The van der Waals surface area contributed by atoms with Gasteiger partial charge in [0, 0.05) is 24.2 Å². The molecule has 0 saturated carbocycles. The molecule has 0 bridgehead atoms. The lowest BCUT2D eigenvalue weighted by atomic mass is 10.1. The quantitative estimate of drug-likeness (QED) is 0.0634. The molecule has 0 radical (unpaired) electrons. The van der Waals surface area contributed by atoms with Gasteiger partial charge in [-0.1, -0.05) is 139 Å². The minimum absolute atomic E-state index is 0.137. The number of hydrogen-bond acceptors (Lipinski definition) is 4. The van der Waals surface area contributed by atoms with Crippen LogP contribution in [0.3, 0.4) is 0 Å². The Labute approximate surface area is 298 Å². The maximum absolute atomic E-state index is 13.2. The maximum Gasteiger partial charge on any atom is 0.267 e. The standard InChI is InChI=1S/C42H54N4O4/c1-3-5-7-9-11-19-29-43-41(49)37(45-39(47)35-21-15-13-16-22-35)31-33-25-27-34(28-26-33)32-38(46-40(48)36-23-17-14-18-24-36)42(50)44-30-20-12-10-8-6-4-2/h13-18,21-28,31-32H,3-12,19-20,29-30H2,1-2H3,(H,43,49)(H,44,50)(H,45,47)(H,46,48)/b37-31-,38-32-. The van der Waals surface area contributed by atoms with Gasteiger partial charge in [-0.3, -0.25) is 19.2 Å². The zero-order valence-electron chi connectivity index (χ0n) is 29.8. The molecule has 0 saturated heterocycles. The number of rotatable bonds is 22. The summed E-state index contributed by atoms with van der Waals surface area (Å²) < 4.78 is 0. The van der Waals surface area contributed by atoms with Crippen molar-refractivity contribution < 1.29 is 19.2 Å². The first-order valence-electron chi connectivity index (χ1n) is 18.2. The van der Waals surface area contributed by atoms with Crippen LogP contribution in [-0.2, 0) is 9.59 Å². The summed E-state index contributed by atoms with van der Waals surface area (Å²) >= 11 is 0. The molecule has 3 rings (SSSR count). The highest BCUT2D eigenvalue weighted by Gasteiger charge is 2.16. The Morgan fingerprint density at radius 2 is 0.800 bits per heavy atom. The van der Waals surface area contributed by atoms with Crippen molar-refractivity contribution in [2.45, 2.75) is 90.9 Å². The van der Waals surface area contributed by atoms with Gasteiger partial charge in [-0.05, 0) is 60.4 Å². The van der Waals surface area contributed by atoms with Crippen molar-refractivity contribution in [3.05, 3.63) is 119 Å². The van der Waals surface area contributed by atoms with Crippen molar-refractivity contribution in [3.8, 4) is 0 Å². The third-order valence-electron chi connectivity index (χ3n) is 8.25. The number of carbonyl (C=O) groups excluding carboxylic acids is 4. The van der Waals surface area contributed by atoms with E-state index in [2.05, 4.69) is 35.1 Å². The Morgan fingerprint density at radius 1 is 0.460 bits per heavy atom. The van der Waals surface area contributed by atoms with E-state index in [4.69, 9.17) is 0 Å². The third kappa shape index (κ3) is 15.1. The molecule has 3 aromatic rings. The molecule has 8 nitrogen and oxygen atoms in total. The average Bonchev–Trinajstić information content (AvgIpc) is 3.14. The van der Waals surface area contributed by atoms with Crippen LogP contribution < -0.4 is 21.3 Å². The molecule has 3 aromatic carbocycles. The van der Waals surface area contributed by atoms with E-state index < -0.39 is 0 Å². The van der Waals surface area contributed by atoms with Crippen LogP contribution >= 0.6 is 0 Å². The Hall–Kier alpha value is -4.98. The van der Waals surface area contributed by atoms with Gasteiger partial charge in [-0.2, -0.15) is 0 Å². The summed E-state index contributed by atoms with van der Waals surface area (Å²) in [6.07, 6.45) is 16.5. The van der Waals surface area contributed by atoms with E-state index in [1.165, 1.54) is 38.5 Å². The second kappa shape index (κ2) is 23.4. The first kappa shape index (κ1) is 39.5. The van der Waals surface area contributed by atoms with E-state index in [1.807, 2.05) is 12.1 Å². The van der Waals surface area contributed by atoms with Gasteiger partial charge in [0.25, 0.3) is 23.6 Å². The molecule has 0 aliphatic heterocycles. The predicted octanol–water partition coefficient (Wildman–Crippen LogP) is 8.18. The fraction of sp³-hybridized carbons (Fsp3) is 0.381. The van der Waals surface area contributed by atoms with Crippen LogP contribution in [0.25, 0.3) is 12.2 Å². The van der Waals surface area contributed by atoms with Crippen LogP contribution in [0.4, 0.5) is 0 Å². The summed E-state index contributed by atoms with van der Waals surface area (Å²) in [5, 5.41) is 11.5. The van der Waals surface area contributed by atoms with Crippen molar-refractivity contribution in [1.29, 1.82) is 0 Å². The Balaban J connectivity index is 1.76. The van der Waals surface area contributed by atoms with Gasteiger partial charge in [-0.15, -0.1) is 0 Å². The van der Waals surface area contributed by atoms with Gasteiger partial charge in [0.1, 0.15) is 11.4 Å². The van der Waals surface area contributed by atoms with Crippen molar-refractivity contribution in [1.82, 2.24) is 21.3 Å². The van der Waals surface area contributed by atoms with Crippen molar-refractivity contribution in [2.24, 2.45) is 0 Å². The minimum Gasteiger partial charge on any atom is -0.351 e. The van der Waals surface area contributed by atoms with Crippen molar-refractivity contribution in [2.75, 3.05) is 13.1 Å². The van der Waals surface area contributed by atoms with Crippen molar-refractivity contribution in [3.63, 3.8) is 0 Å². The lowest BCUT2D eigenvalue weighted by molar-refractivity contribution is -0.118. The summed E-state index contributed by atoms with van der Waals surface area (Å²) in [5.74, 6) is -1.48. The predicted molar refractivity (Wildman–Crippen MR) is 203 cm³/mol. The lowest BCUT2D eigenvalue weighted by Crippen LogP contribution is -2.35. The molecule has 0 unspecified atom stereocenters. The number of unbranched alkanes of at least 4 members (excludes halogenated alkanes) is 10. The van der Waals surface area contributed by atoms with Crippen LogP contribution in [0.2, 0.25) is 0 Å². The zero-order valence-corrected chi connectivity index (χ0v) is 29.8. The highest BCUT2D eigenvalue weighted by molar-refractivity contribution is 6.06. The molecule has 4 amide bonds. The monoisotopic (exact) mass is 678 g/mol. The summed E-state index contributed by atoms with van der Waals surface area (Å²) in [7, 11) is 0. The normalized spacial score (nSPS) is 11.5. The first-order valence-corrected chi connectivity index (χ1v) is 18.2. The summed E-state index contributed by atoms with van der Waals surface area (Å²) in [5.41, 5.74) is 2.53. The molecule has 0 spiro atoms. The largest absolute Gasteiger partial charge is 0.351 e. The number of amides is 4. The fourth-order valence-electron chi connectivity index (χ4n) is 5.31. The topological polar surface area (TPSA) is 116 Å². The molecule has 266 valence electrons. The maximum atomic E-state index is 13.2. The van der Waals surface area contributed by atoms with Crippen LogP contribution in [0, 0.1) is 0 Å². The van der Waals surface area contributed by atoms with E-state index in [1.54, 1.807) is 84.9 Å². The average molecular weight is 679 g/mol. The zero-order chi connectivity index (χ0) is 35.8. The van der Waals surface area contributed by atoms with Gasteiger partial charge in [0.15, 0.2) is 0 Å². The van der Waals surface area contributed by atoms with Crippen LogP contribution in [0.1, 0.15) is 123 Å². The number of benzene rings is 3. The number of hydrogen-bond donors (Lipinski definition) is 4. The van der Waals surface area contributed by atoms with Crippen molar-refractivity contribution >= 4 is 35.8 Å². The molecule has 0 aromatic heterocycles. The molecule has 4 N–H and O–H groups in total. The Bertz CT molecular complexity index is 1420. The van der Waals surface area contributed by atoms with Gasteiger partial charge in [-0.25, -0.2) is 0 Å². The summed E-state index contributed by atoms with van der Waals surface area (Å²) in [6, 6.07) is 24.7. The molecule has 8 heteroatoms. The van der Waals surface area contributed by atoms with E-state index in [-0.39, 0.29) is 35.0 Å². The summed E-state index contributed by atoms with van der Waals surface area (Å²) in [6.45, 7) is 5.41.